The molecule has 0 radical (unpaired) electrons. The molecule has 3 nitrogen and oxygen atoms in total. The monoisotopic (exact) mass is 235 g/mol. The van der Waals surface area contributed by atoms with Crippen LogP contribution in [0.1, 0.15) is 19.4 Å². The summed E-state index contributed by atoms with van der Waals surface area (Å²) in [6.45, 7) is 7.42. The van der Waals surface area contributed by atoms with Crippen molar-refractivity contribution in [3.63, 3.8) is 0 Å². The Hall–Kier alpha value is -1.03. The maximum Gasteiger partial charge on any atom is 0.161 e. The third-order valence-corrected chi connectivity index (χ3v) is 3.81. The van der Waals surface area contributed by atoms with Crippen molar-refractivity contribution in [2.24, 2.45) is 10.4 Å². The Balaban J connectivity index is 2.04. The fourth-order valence-electron chi connectivity index (χ4n) is 1.46. The molecule has 4 heteroatoms. The van der Waals surface area contributed by atoms with Crippen LogP contribution in [0.15, 0.2) is 23.5 Å². The topological polar surface area (TPSA) is 37.3 Å². The zero-order valence-corrected chi connectivity index (χ0v) is 10.8. The van der Waals surface area contributed by atoms with Gasteiger partial charge < -0.3 is 5.32 Å². The molecule has 16 heavy (non-hydrogen) atoms. The molecule has 1 aliphatic rings. The zero-order chi connectivity index (χ0) is 11.6. The van der Waals surface area contributed by atoms with Gasteiger partial charge in [-0.1, -0.05) is 25.6 Å². The predicted octanol–water partition coefficient (Wildman–Crippen LogP) is 2.93. The van der Waals surface area contributed by atoms with E-state index in [-0.39, 0.29) is 0 Å². The molecule has 0 aliphatic carbocycles. The number of pyridine rings is 1. The molecule has 0 saturated heterocycles. The summed E-state index contributed by atoms with van der Waals surface area (Å²) >= 11 is 1.78. The van der Waals surface area contributed by atoms with Gasteiger partial charge in [0.2, 0.25) is 0 Å². The van der Waals surface area contributed by atoms with Gasteiger partial charge in [-0.15, -0.1) is 0 Å². The number of aryl methyl sites for hydroxylation is 1. The summed E-state index contributed by atoms with van der Waals surface area (Å²) in [7, 11) is 0. The highest BCUT2D eigenvalue weighted by molar-refractivity contribution is 8.14. The molecule has 0 aromatic carbocycles. The van der Waals surface area contributed by atoms with Gasteiger partial charge in [-0.05, 0) is 24.0 Å². The average molecular weight is 235 g/mol. The molecule has 0 unspecified atom stereocenters. The first-order valence-electron chi connectivity index (χ1n) is 5.41. The van der Waals surface area contributed by atoms with Gasteiger partial charge in [-0.3, -0.25) is 9.98 Å². The smallest absolute Gasteiger partial charge is 0.161 e. The minimum absolute atomic E-state index is 0.320. The summed E-state index contributed by atoms with van der Waals surface area (Å²) in [5.74, 6) is 1.11. The van der Waals surface area contributed by atoms with Crippen molar-refractivity contribution in [2.75, 3.05) is 17.6 Å². The lowest BCUT2D eigenvalue weighted by atomic mass is 9.97. The van der Waals surface area contributed by atoms with Gasteiger partial charge in [0.1, 0.15) is 0 Å². The van der Waals surface area contributed by atoms with Crippen molar-refractivity contribution in [3.05, 3.63) is 24.0 Å². The molecular formula is C12H17N3S. The van der Waals surface area contributed by atoms with Crippen molar-refractivity contribution in [1.29, 1.82) is 0 Å². The van der Waals surface area contributed by atoms with Gasteiger partial charge in [0, 0.05) is 18.5 Å². The molecule has 86 valence electrons. The molecular weight excluding hydrogens is 218 g/mol. The summed E-state index contributed by atoms with van der Waals surface area (Å²) in [6, 6.07) is 2.08. The van der Waals surface area contributed by atoms with Crippen molar-refractivity contribution in [1.82, 2.24) is 4.98 Å². The molecule has 1 aliphatic heterocycles. The van der Waals surface area contributed by atoms with Crippen molar-refractivity contribution in [2.45, 2.75) is 20.8 Å². The minimum atomic E-state index is 0.320. The van der Waals surface area contributed by atoms with E-state index in [4.69, 9.17) is 0 Å². The highest BCUT2D eigenvalue weighted by Gasteiger charge is 2.23. The molecule has 0 fully saturated rings. The molecule has 0 atom stereocenters. The summed E-state index contributed by atoms with van der Waals surface area (Å²) in [6.07, 6.45) is 3.68. The lowest BCUT2D eigenvalue weighted by Gasteiger charge is -2.27. The van der Waals surface area contributed by atoms with Crippen LogP contribution in [-0.2, 0) is 0 Å². The molecule has 0 bridgehead atoms. The SMILES string of the molecule is Cc1cncc(NC2=NCC(C)(C)CS2)c1. The molecule has 1 aromatic rings. The van der Waals surface area contributed by atoms with Crippen molar-refractivity contribution < 1.29 is 0 Å². The van der Waals surface area contributed by atoms with E-state index in [1.807, 2.05) is 19.3 Å². The fourth-order valence-corrected chi connectivity index (χ4v) is 2.43. The number of hydrogen-bond donors (Lipinski definition) is 1. The standard InChI is InChI=1S/C12H17N3S/c1-9-4-10(6-13-5-9)15-11-14-7-12(2,3)8-16-11/h4-6H,7-8H2,1-3H3,(H,14,15). The van der Waals surface area contributed by atoms with Gasteiger partial charge in [-0.2, -0.15) is 0 Å². The Labute approximate surface area is 101 Å². The summed E-state index contributed by atoms with van der Waals surface area (Å²) < 4.78 is 0. The number of nitrogens with one attached hydrogen (secondary N) is 1. The Morgan fingerprint density at radius 2 is 2.19 bits per heavy atom. The van der Waals surface area contributed by atoms with E-state index in [1.54, 1.807) is 11.8 Å². The van der Waals surface area contributed by atoms with Crippen LogP contribution in [0.5, 0.6) is 0 Å². The fraction of sp³-hybridized carbons (Fsp3) is 0.500. The zero-order valence-electron chi connectivity index (χ0n) is 9.95. The summed E-state index contributed by atoms with van der Waals surface area (Å²) in [5, 5.41) is 4.32. The van der Waals surface area contributed by atoms with Crippen molar-refractivity contribution in [3.8, 4) is 0 Å². The molecule has 0 amide bonds. The lowest BCUT2D eigenvalue weighted by molar-refractivity contribution is 0.438. The first-order valence-corrected chi connectivity index (χ1v) is 6.40. The van der Waals surface area contributed by atoms with E-state index >= 15 is 0 Å². The highest BCUT2D eigenvalue weighted by atomic mass is 32.2. The van der Waals surface area contributed by atoms with Crippen LogP contribution in [0, 0.1) is 12.3 Å². The predicted molar refractivity (Wildman–Crippen MR) is 71.1 cm³/mol. The van der Waals surface area contributed by atoms with Crippen LogP contribution in [0.25, 0.3) is 0 Å². The first-order chi connectivity index (χ1) is 7.55. The Bertz CT molecular complexity index is 412. The summed E-state index contributed by atoms with van der Waals surface area (Å²) in [4.78, 5) is 8.70. The van der Waals surface area contributed by atoms with Gasteiger partial charge in [0.05, 0.1) is 11.9 Å². The van der Waals surface area contributed by atoms with Crippen LogP contribution >= 0.6 is 11.8 Å². The number of rotatable bonds is 1. The normalized spacial score (nSPS) is 19.1. The number of thioether (sulfide) groups is 1. The third kappa shape index (κ3) is 2.98. The van der Waals surface area contributed by atoms with Gasteiger partial charge in [-0.25, -0.2) is 0 Å². The van der Waals surface area contributed by atoms with Crippen LogP contribution in [0.3, 0.4) is 0 Å². The molecule has 2 rings (SSSR count). The van der Waals surface area contributed by atoms with Gasteiger partial charge >= 0.3 is 0 Å². The molecule has 1 aromatic heterocycles. The maximum atomic E-state index is 4.55. The number of anilines is 1. The number of amidine groups is 1. The maximum absolute atomic E-state index is 4.55. The lowest BCUT2D eigenvalue weighted by Crippen LogP contribution is -2.27. The van der Waals surface area contributed by atoms with Crippen LogP contribution in [0.2, 0.25) is 0 Å². The molecule has 0 saturated carbocycles. The first kappa shape index (κ1) is 11.5. The van der Waals surface area contributed by atoms with Crippen molar-refractivity contribution >= 4 is 22.6 Å². The minimum Gasteiger partial charge on any atom is -0.334 e. The largest absolute Gasteiger partial charge is 0.334 e. The number of hydrogen-bond acceptors (Lipinski definition) is 4. The average Bonchev–Trinajstić information content (AvgIpc) is 2.21. The van der Waals surface area contributed by atoms with E-state index in [1.165, 1.54) is 0 Å². The van der Waals surface area contributed by atoms with Crippen LogP contribution in [-0.4, -0.2) is 22.4 Å². The Kier molecular flexibility index (Phi) is 3.19. The number of aromatic nitrogens is 1. The second-order valence-corrected chi connectivity index (χ2v) is 5.91. The van der Waals surface area contributed by atoms with Gasteiger partial charge in [0.25, 0.3) is 0 Å². The molecule has 2 heterocycles. The number of nitrogens with zero attached hydrogens (tertiary/aromatic N) is 2. The van der Waals surface area contributed by atoms with Crippen LogP contribution in [0.4, 0.5) is 5.69 Å². The third-order valence-electron chi connectivity index (χ3n) is 2.38. The van der Waals surface area contributed by atoms with E-state index in [2.05, 4.69) is 35.2 Å². The molecule has 0 spiro atoms. The van der Waals surface area contributed by atoms with E-state index in [9.17, 15) is 0 Å². The van der Waals surface area contributed by atoms with E-state index in [0.717, 1.165) is 28.7 Å². The van der Waals surface area contributed by atoms with Gasteiger partial charge in [0.15, 0.2) is 5.17 Å². The number of aliphatic imine (C=N–C) groups is 1. The summed E-state index contributed by atoms with van der Waals surface area (Å²) in [5.41, 5.74) is 2.50. The second kappa shape index (κ2) is 4.45. The highest BCUT2D eigenvalue weighted by Crippen LogP contribution is 2.28. The van der Waals surface area contributed by atoms with E-state index < -0.39 is 0 Å². The Morgan fingerprint density at radius 1 is 1.38 bits per heavy atom. The second-order valence-electron chi connectivity index (χ2n) is 4.95. The van der Waals surface area contributed by atoms with E-state index in [0.29, 0.717) is 5.41 Å². The molecule has 1 N–H and O–H groups in total. The Morgan fingerprint density at radius 3 is 2.81 bits per heavy atom. The van der Waals surface area contributed by atoms with Crippen LogP contribution < -0.4 is 5.32 Å². The quantitative estimate of drug-likeness (QED) is 0.813.